The van der Waals surface area contributed by atoms with Gasteiger partial charge in [-0.2, -0.15) is 0 Å². The van der Waals surface area contributed by atoms with Crippen molar-refractivity contribution in [1.82, 2.24) is 14.8 Å². The maximum absolute atomic E-state index is 4.80. The second kappa shape index (κ2) is 6.33. The maximum Gasteiger partial charge on any atom is 0.194 e. The van der Waals surface area contributed by atoms with E-state index in [1.54, 1.807) is 0 Å². The molecule has 0 amide bonds. The largest absolute Gasteiger partial charge is 0.357 e. The molecule has 0 aliphatic carbocycles. The summed E-state index contributed by atoms with van der Waals surface area (Å²) in [5.74, 6) is 1.06. The minimum absolute atomic E-state index is 0.447. The Labute approximate surface area is 122 Å². The summed E-state index contributed by atoms with van der Waals surface area (Å²) in [6, 6.07) is 2.13. The monoisotopic (exact) mass is 276 g/mol. The van der Waals surface area contributed by atoms with Crippen LogP contribution in [0.5, 0.6) is 0 Å². The summed E-state index contributed by atoms with van der Waals surface area (Å²) in [6.07, 6.45) is 6.70. The zero-order valence-electron chi connectivity index (χ0n) is 13.3. The van der Waals surface area contributed by atoms with Crippen LogP contribution in [-0.2, 0) is 13.6 Å². The van der Waals surface area contributed by atoms with Gasteiger partial charge in [-0.3, -0.25) is 0 Å². The number of aliphatic imine (C=N–C) groups is 1. The van der Waals surface area contributed by atoms with Gasteiger partial charge in [-0.1, -0.05) is 13.8 Å². The Morgan fingerprint density at radius 3 is 2.80 bits per heavy atom. The van der Waals surface area contributed by atoms with Crippen LogP contribution < -0.4 is 5.32 Å². The number of likely N-dealkylation sites (tertiary alicyclic amines) is 1. The van der Waals surface area contributed by atoms with Crippen molar-refractivity contribution >= 4 is 5.96 Å². The summed E-state index contributed by atoms with van der Waals surface area (Å²) in [5, 5.41) is 3.43. The molecule has 1 aliphatic heterocycles. The van der Waals surface area contributed by atoms with Crippen molar-refractivity contribution in [2.45, 2.75) is 40.2 Å². The quantitative estimate of drug-likeness (QED) is 0.677. The zero-order valence-corrected chi connectivity index (χ0v) is 13.3. The topological polar surface area (TPSA) is 32.6 Å². The number of aryl methyl sites for hydroxylation is 1. The van der Waals surface area contributed by atoms with Gasteiger partial charge < -0.3 is 14.8 Å². The minimum atomic E-state index is 0.447. The average molecular weight is 276 g/mol. The number of aromatic nitrogens is 1. The predicted octanol–water partition coefficient (Wildman–Crippen LogP) is 2.61. The van der Waals surface area contributed by atoms with Gasteiger partial charge in [-0.15, -0.1) is 0 Å². The Kier molecular flexibility index (Phi) is 4.73. The maximum atomic E-state index is 4.80. The third kappa shape index (κ3) is 3.56. The SMILES string of the molecule is CCNC(=NCc1ccn(C)c1)N1CCC(C)(CC)C1. The van der Waals surface area contributed by atoms with Gasteiger partial charge in [-0.05, 0) is 36.8 Å². The van der Waals surface area contributed by atoms with E-state index in [4.69, 9.17) is 4.99 Å². The molecule has 0 radical (unpaired) electrons. The Hall–Kier alpha value is -1.45. The molecule has 112 valence electrons. The van der Waals surface area contributed by atoms with Crippen LogP contribution >= 0.6 is 0 Å². The van der Waals surface area contributed by atoms with Gasteiger partial charge in [0.2, 0.25) is 0 Å². The molecule has 2 rings (SSSR count). The summed E-state index contributed by atoms with van der Waals surface area (Å²) in [5.41, 5.74) is 1.71. The van der Waals surface area contributed by atoms with Crippen LogP contribution in [0.25, 0.3) is 0 Å². The molecule has 2 heterocycles. The second-order valence-electron chi connectivity index (χ2n) is 6.19. The molecule has 1 aliphatic rings. The molecule has 20 heavy (non-hydrogen) atoms. The molecule has 1 saturated heterocycles. The third-order valence-corrected chi connectivity index (χ3v) is 4.35. The number of nitrogens with one attached hydrogen (secondary N) is 1. The number of nitrogens with zero attached hydrogens (tertiary/aromatic N) is 3. The highest BCUT2D eigenvalue weighted by atomic mass is 15.3. The van der Waals surface area contributed by atoms with E-state index in [9.17, 15) is 0 Å². The number of hydrogen-bond donors (Lipinski definition) is 1. The highest BCUT2D eigenvalue weighted by Crippen LogP contribution is 2.32. The first-order valence-corrected chi connectivity index (χ1v) is 7.70. The summed E-state index contributed by atoms with van der Waals surface area (Å²) < 4.78 is 2.07. The van der Waals surface area contributed by atoms with Crippen molar-refractivity contribution in [1.29, 1.82) is 0 Å². The zero-order chi connectivity index (χ0) is 14.6. The van der Waals surface area contributed by atoms with Gasteiger partial charge >= 0.3 is 0 Å². The average Bonchev–Trinajstić information content (AvgIpc) is 3.02. The van der Waals surface area contributed by atoms with Crippen LogP contribution in [0, 0.1) is 5.41 Å². The normalized spacial score (nSPS) is 23.4. The lowest BCUT2D eigenvalue weighted by Gasteiger charge is -2.25. The van der Waals surface area contributed by atoms with Crippen LogP contribution in [0.15, 0.2) is 23.5 Å². The first kappa shape index (κ1) is 14.9. The lowest BCUT2D eigenvalue weighted by atomic mass is 9.87. The van der Waals surface area contributed by atoms with Crippen molar-refractivity contribution in [3.63, 3.8) is 0 Å². The van der Waals surface area contributed by atoms with E-state index >= 15 is 0 Å². The predicted molar refractivity (Wildman–Crippen MR) is 84.8 cm³/mol. The lowest BCUT2D eigenvalue weighted by molar-refractivity contribution is 0.322. The fourth-order valence-corrected chi connectivity index (χ4v) is 2.74. The fraction of sp³-hybridized carbons (Fsp3) is 0.688. The van der Waals surface area contributed by atoms with Crippen molar-refractivity contribution in [2.24, 2.45) is 17.5 Å². The Balaban J connectivity index is 2.03. The molecule has 1 fully saturated rings. The van der Waals surface area contributed by atoms with Crippen LogP contribution in [0.3, 0.4) is 0 Å². The Bertz CT molecular complexity index is 463. The number of hydrogen-bond acceptors (Lipinski definition) is 1. The summed E-state index contributed by atoms with van der Waals surface area (Å²) in [7, 11) is 2.05. The van der Waals surface area contributed by atoms with Crippen molar-refractivity contribution < 1.29 is 0 Å². The van der Waals surface area contributed by atoms with Gasteiger partial charge in [0.15, 0.2) is 5.96 Å². The van der Waals surface area contributed by atoms with Crippen molar-refractivity contribution in [2.75, 3.05) is 19.6 Å². The molecule has 0 spiro atoms. The van der Waals surface area contributed by atoms with E-state index in [0.717, 1.165) is 32.1 Å². The Morgan fingerprint density at radius 1 is 1.45 bits per heavy atom. The second-order valence-corrected chi connectivity index (χ2v) is 6.19. The smallest absolute Gasteiger partial charge is 0.194 e. The van der Waals surface area contributed by atoms with Crippen LogP contribution in [-0.4, -0.2) is 35.1 Å². The van der Waals surface area contributed by atoms with Gasteiger partial charge in [0.05, 0.1) is 6.54 Å². The van der Waals surface area contributed by atoms with E-state index in [1.165, 1.54) is 18.4 Å². The van der Waals surface area contributed by atoms with E-state index < -0.39 is 0 Å². The first-order valence-electron chi connectivity index (χ1n) is 7.70. The number of guanidine groups is 1. The van der Waals surface area contributed by atoms with E-state index in [-0.39, 0.29) is 0 Å². The molecule has 4 nitrogen and oxygen atoms in total. The molecule has 1 atom stereocenters. The Morgan fingerprint density at radius 2 is 2.25 bits per heavy atom. The van der Waals surface area contributed by atoms with Crippen LogP contribution in [0.2, 0.25) is 0 Å². The molecule has 4 heteroatoms. The molecule has 1 unspecified atom stereocenters. The summed E-state index contributed by atoms with van der Waals surface area (Å²) in [6.45, 7) is 10.7. The number of rotatable bonds is 4. The van der Waals surface area contributed by atoms with Gasteiger partial charge in [0, 0.05) is 39.1 Å². The fourth-order valence-electron chi connectivity index (χ4n) is 2.74. The highest BCUT2D eigenvalue weighted by Gasteiger charge is 2.33. The lowest BCUT2D eigenvalue weighted by Crippen LogP contribution is -2.41. The van der Waals surface area contributed by atoms with E-state index in [1.807, 2.05) is 7.05 Å². The van der Waals surface area contributed by atoms with Gasteiger partial charge in [0.25, 0.3) is 0 Å². The third-order valence-electron chi connectivity index (χ3n) is 4.35. The summed E-state index contributed by atoms with van der Waals surface area (Å²) in [4.78, 5) is 7.21. The molecule has 1 N–H and O–H groups in total. The van der Waals surface area contributed by atoms with Crippen molar-refractivity contribution in [3.05, 3.63) is 24.0 Å². The molecular formula is C16H28N4. The molecule has 0 aromatic carbocycles. The minimum Gasteiger partial charge on any atom is -0.357 e. The molecule has 1 aromatic rings. The van der Waals surface area contributed by atoms with Crippen molar-refractivity contribution in [3.8, 4) is 0 Å². The molecular weight excluding hydrogens is 248 g/mol. The summed E-state index contributed by atoms with van der Waals surface area (Å²) >= 11 is 0. The molecule has 0 bridgehead atoms. The van der Waals surface area contributed by atoms with E-state index in [2.05, 4.69) is 54.0 Å². The highest BCUT2D eigenvalue weighted by molar-refractivity contribution is 5.80. The molecule has 0 saturated carbocycles. The standard InChI is InChI=1S/C16H28N4/c1-5-16(3)8-10-20(13-16)15(17-6-2)18-11-14-7-9-19(4)12-14/h7,9,12H,5-6,8,10-11,13H2,1-4H3,(H,17,18). The molecule has 1 aromatic heterocycles. The van der Waals surface area contributed by atoms with Gasteiger partial charge in [-0.25, -0.2) is 4.99 Å². The first-order chi connectivity index (χ1) is 9.56. The van der Waals surface area contributed by atoms with Crippen LogP contribution in [0.1, 0.15) is 39.2 Å². The van der Waals surface area contributed by atoms with E-state index in [0.29, 0.717) is 5.41 Å². The van der Waals surface area contributed by atoms with Gasteiger partial charge in [0.1, 0.15) is 0 Å². The van der Waals surface area contributed by atoms with Crippen LogP contribution in [0.4, 0.5) is 0 Å².